The average molecular weight is 450 g/mol. The predicted octanol–water partition coefficient (Wildman–Crippen LogP) is 2.23. The van der Waals surface area contributed by atoms with Gasteiger partial charge >= 0.3 is 6.09 Å². The summed E-state index contributed by atoms with van der Waals surface area (Å²) in [6, 6.07) is 3.71. The predicted molar refractivity (Wildman–Crippen MR) is 119 cm³/mol. The molecule has 0 aliphatic heterocycles. The van der Waals surface area contributed by atoms with Crippen molar-refractivity contribution in [3.05, 3.63) is 29.8 Å². The van der Waals surface area contributed by atoms with Gasteiger partial charge in [-0.05, 0) is 57.7 Å². The fourth-order valence-corrected chi connectivity index (χ4v) is 3.27. The molecule has 0 aromatic heterocycles. The smallest absolute Gasteiger partial charge is 0.408 e. The zero-order valence-electron chi connectivity index (χ0n) is 19.3. The van der Waals surface area contributed by atoms with Crippen molar-refractivity contribution in [3.8, 4) is 5.75 Å². The van der Waals surface area contributed by atoms with E-state index >= 15 is 0 Å². The number of carbonyl (C=O) groups excluding carboxylic acids is 3. The fourth-order valence-electron chi connectivity index (χ4n) is 3.27. The molecule has 1 saturated carbocycles. The molecule has 1 fully saturated rings. The van der Waals surface area contributed by atoms with Gasteiger partial charge in [0, 0.05) is 12.6 Å². The van der Waals surface area contributed by atoms with Gasteiger partial charge in [0.25, 0.3) is 0 Å². The van der Waals surface area contributed by atoms with Crippen LogP contribution in [0.25, 0.3) is 0 Å². The van der Waals surface area contributed by atoms with Crippen molar-refractivity contribution >= 4 is 17.9 Å². The lowest BCUT2D eigenvalue weighted by Crippen LogP contribution is -2.55. The maximum Gasteiger partial charge on any atom is 0.408 e. The van der Waals surface area contributed by atoms with Crippen LogP contribution in [0.5, 0.6) is 5.75 Å². The van der Waals surface area contributed by atoms with Crippen molar-refractivity contribution in [1.82, 2.24) is 15.5 Å². The first kappa shape index (κ1) is 25.5. The largest absolute Gasteiger partial charge is 0.508 e. The number of alkyl carbamates (subject to hydrolysis) is 1. The third-order valence-electron chi connectivity index (χ3n) is 4.93. The first-order valence-corrected chi connectivity index (χ1v) is 11.1. The lowest BCUT2D eigenvalue weighted by molar-refractivity contribution is -0.144. The molecule has 32 heavy (non-hydrogen) atoms. The highest BCUT2D eigenvalue weighted by Gasteiger charge is 2.43. The molecule has 0 radical (unpaired) electrons. The second kappa shape index (κ2) is 11.2. The first-order valence-electron chi connectivity index (χ1n) is 11.1. The molecule has 4 N–H and O–H groups in total. The minimum absolute atomic E-state index is 0.0445. The number of nitrogens with zero attached hydrogens (tertiary/aromatic N) is 1. The maximum atomic E-state index is 13.4. The summed E-state index contributed by atoms with van der Waals surface area (Å²) in [4.78, 5) is 40.2. The normalized spacial score (nSPS) is 15.4. The Kier molecular flexibility index (Phi) is 8.89. The zero-order chi connectivity index (χ0) is 23.9. The van der Waals surface area contributed by atoms with E-state index in [1.165, 1.54) is 17.0 Å². The summed E-state index contributed by atoms with van der Waals surface area (Å²) in [7, 11) is 0. The molecule has 9 nitrogen and oxygen atoms in total. The van der Waals surface area contributed by atoms with Crippen molar-refractivity contribution in [3.63, 3.8) is 0 Å². The summed E-state index contributed by atoms with van der Waals surface area (Å²) < 4.78 is 5.21. The van der Waals surface area contributed by atoms with E-state index < -0.39 is 36.3 Å². The molecule has 0 saturated heterocycles. The van der Waals surface area contributed by atoms with Crippen molar-refractivity contribution in [1.29, 1.82) is 0 Å². The van der Waals surface area contributed by atoms with Crippen LogP contribution in [0, 0.1) is 0 Å². The second-order valence-electron chi connectivity index (χ2n) is 9.00. The summed E-state index contributed by atoms with van der Waals surface area (Å²) in [5, 5.41) is 24.8. The number of nitrogens with one attached hydrogen (secondary N) is 2. The van der Waals surface area contributed by atoms with Gasteiger partial charge in [0.2, 0.25) is 11.8 Å². The van der Waals surface area contributed by atoms with E-state index in [1.807, 2.05) is 6.92 Å². The van der Waals surface area contributed by atoms with E-state index in [-0.39, 0.29) is 17.7 Å². The van der Waals surface area contributed by atoms with Crippen molar-refractivity contribution in [2.75, 3.05) is 13.2 Å². The summed E-state index contributed by atoms with van der Waals surface area (Å²) in [6.07, 6.45) is 2.31. The minimum atomic E-state index is -1.26. The molecule has 1 aliphatic rings. The van der Waals surface area contributed by atoms with Gasteiger partial charge in [-0.25, -0.2) is 4.79 Å². The Labute approximate surface area is 189 Å². The number of rotatable bonds is 10. The lowest BCUT2D eigenvalue weighted by atomic mass is 10.0. The molecule has 1 aliphatic carbocycles. The third kappa shape index (κ3) is 7.40. The number of aliphatic hydroxyl groups is 1. The number of amides is 3. The number of hydrogen-bond donors (Lipinski definition) is 4. The summed E-state index contributed by atoms with van der Waals surface area (Å²) in [5.74, 6) is -0.869. The molecule has 3 amide bonds. The van der Waals surface area contributed by atoms with Crippen LogP contribution in [0.3, 0.4) is 0 Å². The number of unbranched alkanes of at least 4 members (excludes halogenated alkanes) is 1. The lowest BCUT2D eigenvalue weighted by Gasteiger charge is -2.34. The molecule has 0 heterocycles. The van der Waals surface area contributed by atoms with E-state index in [0.29, 0.717) is 24.9 Å². The van der Waals surface area contributed by atoms with Gasteiger partial charge in [-0.2, -0.15) is 0 Å². The van der Waals surface area contributed by atoms with Crippen LogP contribution >= 0.6 is 0 Å². The fraction of sp³-hybridized carbons (Fsp3) is 0.609. The Morgan fingerprint density at radius 2 is 1.81 bits per heavy atom. The number of ether oxygens (including phenoxy) is 1. The average Bonchev–Trinajstić information content (AvgIpc) is 3.54. The highest BCUT2D eigenvalue weighted by molar-refractivity contribution is 5.92. The molecular formula is C23H35N3O6. The monoisotopic (exact) mass is 449 g/mol. The van der Waals surface area contributed by atoms with Crippen molar-refractivity contribution in [2.24, 2.45) is 0 Å². The standard InChI is InChI=1S/C23H35N3O6/c1-5-6-13-24-20(29)19(15-7-11-17(28)12-8-15)26(16-9-10-16)21(30)18(14-27)25-22(31)32-23(2,3)4/h7-8,11-12,16,18-19,27-28H,5-6,9-10,13-14H2,1-4H3,(H,24,29)(H,25,31). The number of aromatic hydroxyl groups is 1. The number of phenols is 1. The van der Waals surface area contributed by atoms with E-state index in [9.17, 15) is 24.6 Å². The molecule has 9 heteroatoms. The maximum absolute atomic E-state index is 13.4. The zero-order valence-corrected chi connectivity index (χ0v) is 19.3. The van der Waals surface area contributed by atoms with Crippen LogP contribution in [-0.4, -0.2) is 63.9 Å². The quantitative estimate of drug-likeness (QED) is 0.406. The summed E-state index contributed by atoms with van der Waals surface area (Å²) in [5.41, 5.74) is -0.233. The van der Waals surface area contributed by atoms with Gasteiger partial charge in [0.05, 0.1) is 6.61 Å². The molecule has 0 bridgehead atoms. The van der Waals surface area contributed by atoms with Crippen LogP contribution in [0.4, 0.5) is 4.79 Å². The van der Waals surface area contributed by atoms with Gasteiger partial charge in [0.15, 0.2) is 0 Å². The number of benzene rings is 1. The van der Waals surface area contributed by atoms with Crippen molar-refractivity contribution < 1.29 is 29.3 Å². The van der Waals surface area contributed by atoms with Gasteiger partial charge in [-0.3, -0.25) is 9.59 Å². The van der Waals surface area contributed by atoms with Crippen LogP contribution in [0.15, 0.2) is 24.3 Å². The van der Waals surface area contributed by atoms with Crippen LogP contribution < -0.4 is 10.6 Å². The molecule has 2 unspecified atom stereocenters. The van der Waals surface area contributed by atoms with E-state index in [4.69, 9.17) is 4.74 Å². The Balaban J connectivity index is 2.31. The number of phenolic OH excluding ortho intramolecular Hbond substituents is 1. The SMILES string of the molecule is CCCCNC(=O)C(c1ccc(O)cc1)N(C(=O)C(CO)NC(=O)OC(C)(C)C)C1CC1. The Bertz CT molecular complexity index is 786. The number of hydrogen-bond acceptors (Lipinski definition) is 6. The topological polar surface area (TPSA) is 128 Å². The third-order valence-corrected chi connectivity index (χ3v) is 4.93. The Morgan fingerprint density at radius 3 is 2.31 bits per heavy atom. The number of carbonyl (C=O) groups is 3. The molecule has 1 aromatic rings. The molecular weight excluding hydrogens is 414 g/mol. The van der Waals surface area contributed by atoms with Gasteiger partial charge < -0.3 is 30.5 Å². The van der Waals surface area contributed by atoms with Gasteiger partial charge in [-0.1, -0.05) is 25.5 Å². The molecule has 2 atom stereocenters. The van der Waals surface area contributed by atoms with Crippen LogP contribution in [0.1, 0.15) is 65.0 Å². The molecule has 2 rings (SSSR count). The second-order valence-corrected chi connectivity index (χ2v) is 9.00. The summed E-state index contributed by atoms with van der Waals surface area (Å²) >= 11 is 0. The minimum Gasteiger partial charge on any atom is -0.508 e. The molecule has 1 aromatic carbocycles. The molecule has 178 valence electrons. The van der Waals surface area contributed by atoms with Crippen molar-refractivity contribution in [2.45, 2.75) is 77.1 Å². The van der Waals surface area contributed by atoms with Crippen LogP contribution in [0.2, 0.25) is 0 Å². The van der Waals surface area contributed by atoms with E-state index in [0.717, 1.165) is 12.8 Å². The Hall–Kier alpha value is -2.81. The number of aliphatic hydroxyl groups excluding tert-OH is 1. The highest BCUT2D eigenvalue weighted by Crippen LogP contribution is 2.36. The Morgan fingerprint density at radius 1 is 1.19 bits per heavy atom. The van der Waals surface area contributed by atoms with Gasteiger partial charge in [-0.15, -0.1) is 0 Å². The summed E-state index contributed by atoms with van der Waals surface area (Å²) in [6.45, 7) is 6.93. The van der Waals surface area contributed by atoms with Crippen LogP contribution in [-0.2, 0) is 14.3 Å². The van der Waals surface area contributed by atoms with E-state index in [1.54, 1.807) is 32.9 Å². The first-order chi connectivity index (χ1) is 15.1. The molecule has 0 spiro atoms. The van der Waals surface area contributed by atoms with Gasteiger partial charge in [0.1, 0.15) is 23.4 Å². The highest BCUT2D eigenvalue weighted by atomic mass is 16.6. The van der Waals surface area contributed by atoms with E-state index in [2.05, 4.69) is 10.6 Å².